The van der Waals surface area contributed by atoms with E-state index in [4.69, 9.17) is 0 Å². The summed E-state index contributed by atoms with van der Waals surface area (Å²) in [4.78, 5) is 39.4. The molecule has 24 heavy (non-hydrogen) atoms. The topological polar surface area (TPSA) is 84.0 Å². The molecule has 6 nitrogen and oxygen atoms in total. The van der Waals surface area contributed by atoms with Gasteiger partial charge in [0, 0.05) is 19.0 Å². The SMILES string of the molecule is C=CCNC(=O)C1CCC(Cn2c(=O)[nH]c3ccsc3c2=O)CC1. The fraction of sp³-hybridized carbons (Fsp3) is 0.471. The number of H-pyrrole nitrogens is 1. The average Bonchev–Trinajstić information content (AvgIpc) is 3.05. The van der Waals surface area contributed by atoms with Crippen molar-refractivity contribution in [3.8, 4) is 0 Å². The van der Waals surface area contributed by atoms with Crippen LogP contribution in [0.25, 0.3) is 10.2 Å². The zero-order chi connectivity index (χ0) is 17.1. The number of thiophene rings is 1. The number of carbonyl (C=O) groups excluding carboxylic acids is 1. The summed E-state index contributed by atoms with van der Waals surface area (Å²) in [6, 6.07) is 1.75. The Kier molecular flexibility index (Phi) is 4.99. The molecule has 0 unspecified atom stereocenters. The zero-order valence-corrected chi connectivity index (χ0v) is 14.2. The number of aromatic nitrogens is 2. The molecule has 7 heteroatoms. The van der Waals surface area contributed by atoms with E-state index >= 15 is 0 Å². The van der Waals surface area contributed by atoms with Crippen molar-refractivity contribution in [2.24, 2.45) is 11.8 Å². The lowest BCUT2D eigenvalue weighted by Crippen LogP contribution is -2.38. The molecule has 2 aromatic rings. The highest BCUT2D eigenvalue weighted by Gasteiger charge is 2.26. The van der Waals surface area contributed by atoms with Crippen LogP contribution in [0.2, 0.25) is 0 Å². The number of amides is 1. The normalized spacial score (nSPS) is 20.8. The Morgan fingerprint density at radius 3 is 2.83 bits per heavy atom. The summed E-state index contributed by atoms with van der Waals surface area (Å²) in [6.45, 7) is 4.50. The van der Waals surface area contributed by atoms with Crippen LogP contribution in [-0.2, 0) is 11.3 Å². The molecule has 1 aliphatic rings. The van der Waals surface area contributed by atoms with E-state index in [1.54, 1.807) is 17.5 Å². The number of nitrogens with zero attached hydrogens (tertiary/aromatic N) is 1. The van der Waals surface area contributed by atoms with Crippen LogP contribution in [0.15, 0.2) is 33.7 Å². The molecule has 0 aromatic carbocycles. The molecular formula is C17H21N3O3S. The first-order valence-electron chi connectivity index (χ1n) is 8.19. The third-order valence-corrected chi connectivity index (χ3v) is 5.57. The van der Waals surface area contributed by atoms with Crippen molar-refractivity contribution in [3.05, 3.63) is 44.9 Å². The maximum absolute atomic E-state index is 12.5. The lowest BCUT2D eigenvalue weighted by molar-refractivity contribution is -0.126. The van der Waals surface area contributed by atoms with Crippen molar-refractivity contribution in [3.63, 3.8) is 0 Å². The van der Waals surface area contributed by atoms with Gasteiger partial charge in [-0.2, -0.15) is 0 Å². The van der Waals surface area contributed by atoms with E-state index in [0.717, 1.165) is 25.7 Å². The molecule has 0 atom stereocenters. The Bertz CT molecular complexity index is 856. The van der Waals surface area contributed by atoms with E-state index in [-0.39, 0.29) is 29.0 Å². The van der Waals surface area contributed by atoms with Gasteiger partial charge in [-0.1, -0.05) is 6.08 Å². The number of rotatable bonds is 5. The standard InChI is InChI=1S/C17H21N3O3S/c1-2-8-18-15(21)12-5-3-11(4-6-12)10-20-16(22)14-13(7-9-24-14)19-17(20)23/h2,7,9,11-12H,1,3-6,8,10H2,(H,18,21)(H,19,23). The molecule has 1 saturated carbocycles. The molecule has 3 rings (SSSR count). The van der Waals surface area contributed by atoms with Gasteiger partial charge < -0.3 is 10.3 Å². The molecule has 1 amide bonds. The molecule has 0 saturated heterocycles. The van der Waals surface area contributed by atoms with Crippen molar-refractivity contribution in [1.29, 1.82) is 0 Å². The predicted octanol–water partition coefficient (Wildman–Crippen LogP) is 1.86. The molecule has 1 aliphatic carbocycles. The number of fused-ring (bicyclic) bond motifs is 1. The molecular weight excluding hydrogens is 326 g/mol. The summed E-state index contributed by atoms with van der Waals surface area (Å²) in [5, 5.41) is 4.64. The minimum atomic E-state index is -0.350. The lowest BCUT2D eigenvalue weighted by atomic mass is 9.81. The first kappa shape index (κ1) is 16.7. The van der Waals surface area contributed by atoms with Gasteiger partial charge in [0.1, 0.15) is 4.70 Å². The minimum Gasteiger partial charge on any atom is -0.352 e. The van der Waals surface area contributed by atoms with E-state index in [1.807, 2.05) is 0 Å². The number of hydrogen-bond acceptors (Lipinski definition) is 4. The first-order valence-corrected chi connectivity index (χ1v) is 9.07. The predicted molar refractivity (Wildman–Crippen MR) is 95.4 cm³/mol. The molecule has 0 spiro atoms. The molecule has 0 radical (unpaired) electrons. The molecule has 0 bridgehead atoms. The fourth-order valence-electron chi connectivity index (χ4n) is 3.32. The van der Waals surface area contributed by atoms with Gasteiger partial charge in [-0.25, -0.2) is 4.79 Å². The Hall–Kier alpha value is -2.15. The van der Waals surface area contributed by atoms with Crippen molar-refractivity contribution in [2.75, 3.05) is 6.54 Å². The summed E-state index contributed by atoms with van der Waals surface area (Å²) in [5.74, 6) is 0.351. The van der Waals surface area contributed by atoms with Crippen molar-refractivity contribution < 1.29 is 4.79 Å². The van der Waals surface area contributed by atoms with Gasteiger partial charge in [0.15, 0.2) is 0 Å². The van der Waals surface area contributed by atoms with Gasteiger partial charge in [-0.3, -0.25) is 14.2 Å². The smallest absolute Gasteiger partial charge is 0.328 e. The van der Waals surface area contributed by atoms with Gasteiger partial charge in [0.05, 0.1) is 5.52 Å². The second kappa shape index (κ2) is 7.17. The summed E-state index contributed by atoms with van der Waals surface area (Å²) in [5.41, 5.74) is 0.0418. The second-order valence-corrected chi connectivity index (χ2v) is 7.18. The zero-order valence-electron chi connectivity index (χ0n) is 13.4. The van der Waals surface area contributed by atoms with Crippen LogP contribution in [0.5, 0.6) is 0 Å². The summed E-state index contributed by atoms with van der Waals surface area (Å²) in [6.07, 6.45) is 4.95. The van der Waals surface area contributed by atoms with Crippen LogP contribution < -0.4 is 16.6 Å². The Labute approximate surface area is 143 Å². The molecule has 2 N–H and O–H groups in total. The Balaban J connectivity index is 1.66. The summed E-state index contributed by atoms with van der Waals surface area (Å²) < 4.78 is 1.90. The fourth-order valence-corrected chi connectivity index (χ4v) is 4.12. The number of carbonyl (C=O) groups is 1. The Morgan fingerprint density at radius 2 is 2.12 bits per heavy atom. The number of nitrogens with one attached hydrogen (secondary N) is 2. The molecule has 0 aliphatic heterocycles. The minimum absolute atomic E-state index is 0.0241. The summed E-state index contributed by atoms with van der Waals surface area (Å²) >= 11 is 1.35. The van der Waals surface area contributed by atoms with Crippen molar-refractivity contribution >= 4 is 27.5 Å². The van der Waals surface area contributed by atoms with E-state index in [0.29, 0.717) is 23.3 Å². The maximum atomic E-state index is 12.5. The largest absolute Gasteiger partial charge is 0.352 e. The third kappa shape index (κ3) is 3.36. The molecule has 2 aromatic heterocycles. The van der Waals surface area contributed by atoms with Crippen LogP contribution in [0, 0.1) is 11.8 Å². The quantitative estimate of drug-likeness (QED) is 0.810. The van der Waals surface area contributed by atoms with Gasteiger partial charge >= 0.3 is 5.69 Å². The van der Waals surface area contributed by atoms with Crippen LogP contribution in [0.4, 0.5) is 0 Å². The van der Waals surface area contributed by atoms with E-state index in [9.17, 15) is 14.4 Å². The van der Waals surface area contributed by atoms with Gasteiger partial charge in [0.2, 0.25) is 5.91 Å². The van der Waals surface area contributed by atoms with E-state index in [2.05, 4.69) is 16.9 Å². The van der Waals surface area contributed by atoms with Gasteiger partial charge in [-0.15, -0.1) is 17.9 Å². The first-order chi connectivity index (χ1) is 11.6. The highest BCUT2D eigenvalue weighted by atomic mass is 32.1. The highest BCUT2D eigenvalue weighted by molar-refractivity contribution is 7.17. The van der Waals surface area contributed by atoms with Crippen LogP contribution in [0.1, 0.15) is 25.7 Å². The molecule has 128 valence electrons. The highest BCUT2D eigenvalue weighted by Crippen LogP contribution is 2.29. The number of hydrogen-bond donors (Lipinski definition) is 2. The third-order valence-electron chi connectivity index (χ3n) is 4.67. The van der Waals surface area contributed by atoms with Crippen molar-refractivity contribution in [1.82, 2.24) is 14.9 Å². The van der Waals surface area contributed by atoms with Crippen LogP contribution in [0.3, 0.4) is 0 Å². The Morgan fingerprint density at radius 1 is 1.38 bits per heavy atom. The molecule has 2 heterocycles. The van der Waals surface area contributed by atoms with Crippen LogP contribution in [-0.4, -0.2) is 22.0 Å². The monoisotopic (exact) mass is 347 g/mol. The van der Waals surface area contributed by atoms with Crippen molar-refractivity contribution in [2.45, 2.75) is 32.2 Å². The number of aromatic amines is 1. The summed E-state index contributed by atoms with van der Waals surface area (Å²) in [7, 11) is 0. The van der Waals surface area contributed by atoms with Crippen LogP contribution >= 0.6 is 11.3 Å². The van der Waals surface area contributed by atoms with E-state index in [1.165, 1.54) is 15.9 Å². The van der Waals surface area contributed by atoms with Gasteiger partial charge in [-0.05, 0) is 43.0 Å². The van der Waals surface area contributed by atoms with Gasteiger partial charge in [0.25, 0.3) is 5.56 Å². The average molecular weight is 347 g/mol. The molecule has 1 fully saturated rings. The van der Waals surface area contributed by atoms with E-state index < -0.39 is 0 Å². The second-order valence-electron chi connectivity index (χ2n) is 6.26. The maximum Gasteiger partial charge on any atom is 0.328 e. The lowest BCUT2D eigenvalue weighted by Gasteiger charge is -2.27.